The Morgan fingerprint density at radius 3 is 2.38 bits per heavy atom. The highest BCUT2D eigenvalue weighted by Crippen LogP contribution is 2.28. The maximum absolute atomic E-state index is 11.2. The molecule has 0 unspecified atom stereocenters. The van der Waals surface area contributed by atoms with Crippen LogP contribution in [0.5, 0.6) is 11.5 Å². The molecule has 3 aromatic rings. The van der Waals surface area contributed by atoms with Gasteiger partial charge in [0.25, 0.3) is 0 Å². The van der Waals surface area contributed by atoms with E-state index in [9.17, 15) is 9.90 Å². The smallest absolute Gasteiger partial charge is 0.347 e. The minimum Gasteiger partial charge on any atom is -0.477 e. The number of aryl methyl sites for hydroxylation is 1. The Bertz CT molecular complexity index is 829. The first-order valence-electron chi connectivity index (χ1n) is 7.48. The first-order chi connectivity index (χ1) is 11.7. The maximum atomic E-state index is 11.2. The predicted octanol–water partition coefficient (Wildman–Crippen LogP) is 4.94. The van der Waals surface area contributed by atoms with Gasteiger partial charge in [-0.1, -0.05) is 36.5 Å². The van der Waals surface area contributed by atoms with Crippen molar-refractivity contribution in [1.29, 1.82) is 0 Å². The van der Waals surface area contributed by atoms with E-state index in [0.717, 1.165) is 28.5 Å². The number of nitrogens with zero attached hydrogens (tertiary/aromatic N) is 1. The molecule has 0 atom stereocenters. The van der Waals surface area contributed by atoms with Gasteiger partial charge in [0.2, 0.25) is 0 Å². The fourth-order valence-corrected chi connectivity index (χ4v) is 3.08. The van der Waals surface area contributed by atoms with Gasteiger partial charge in [0, 0.05) is 5.69 Å². The van der Waals surface area contributed by atoms with E-state index in [2.05, 4.69) is 10.3 Å². The van der Waals surface area contributed by atoms with Crippen LogP contribution in [0.3, 0.4) is 0 Å². The highest BCUT2D eigenvalue weighted by molar-refractivity contribution is 7.17. The number of hydrogen-bond donors (Lipinski definition) is 2. The third-order valence-electron chi connectivity index (χ3n) is 3.31. The number of hydrogen-bond acceptors (Lipinski definition) is 5. The van der Waals surface area contributed by atoms with Crippen LogP contribution in [0.15, 0.2) is 54.6 Å². The predicted molar refractivity (Wildman–Crippen MR) is 94.7 cm³/mol. The third kappa shape index (κ3) is 3.72. The Labute approximate surface area is 143 Å². The van der Waals surface area contributed by atoms with E-state index < -0.39 is 5.97 Å². The molecule has 0 fully saturated rings. The van der Waals surface area contributed by atoms with E-state index in [0.29, 0.717) is 17.2 Å². The average molecular weight is 340 g/mol. The molecule has 6 heteroatoms. The van der Waals surface area contributed by atoms with Gasteiger partial charge in [0.1, 0.15) is 16.4 Å². The molecule has 0 radical (unpaired) electrons. The number of rotatable bonds is 6. The van der Waals surface area contributed by atoms with Gasteiger partial charge < -0.3 is 15.2 Å². The molecule has 24 heavy (non-hydrogen) atoms. The van der Waals surface area contributed by atoms with Crippen LogP contribution in [0.4, 0.5) is 10.8 Å². The standard InChI is InChI=1S/C18H16N2O3S/c1-2-15-16(17(21)22)24-18(20-15)19-12-8-10-14(11-9-12)23-13-6-4-3-5-7-13/h3-11H,2H2,1H3,(H,19,20)(H,21,22). The second-order valence-electron chi connectivity index (χ2n) is 5.02. The first kappa shape index (κ1) is 16.0. The summed E-state index contributed by atoms with van der Waals surface area (Å²) in [6.45, 7) is 1.89. The summed E-state index contributed by atoms with van der Waals surface area (Å²) in [6.07, 6.45) is 0.587. The summed E-state index contributed by atoms with van der Waals surface area (Å²) >= 11 is 1.14. The zero-order valence-electron chi connectivity index (χ0n) is 13.0. The summed E-state index contributed by atoms with van der Waals surface area (Å²) in [5.74, 6) is 0.562. The molecule has 5 nitrogen and oxygen atoms in total. The fraction of sp³-hybridized carbons (Fsp3) is 0.111. The lowest BCUT2D eigenvalue weighted by molar-refractivity contribution is 0.0701. The van der Waals surface area contributed by atoms with Gasteiger partial charge in [-0.3, -0.25) is 0 Å². The summed E-state index contributed by atoms with van der Waals surface area (Å²) < 4.78 is 5.74. The van der Waals surface area contributed by atoms with Crippen LogP contribution >= 0.6 is 11.3 Å². The van der Waals surface area contributed by atoms with Crippen molar-refractivity contribution in [3.8, 4) is 11.5 Å². The van der Waals surface area contributed by atoms with Crippen molar-refractivity contribution in [3.63, 3.8) is 0 Å². The molecule has 1 aromatic heterocycles. The quantitative estimate of drug-likeness (QED) is 0.665. The zero-order chi connectivity index (χ0) is 16.9. The summed E-state index contributed by atoms with van der Waals surface area (Å²) in [5.41, 5.74) is 1.42. The number of aromatic carboxylic acids is 1. The second kappa shape index (κ2) is 7.14. The largest absolute Gasteiger partial charge is 0.477 e. The summed E-state index contributed by atoms with van der Waals surface area (Å²) in [6, 6.07) is 17.0. The first-order valence-corrected chi connectivity index (χ1v) is 8.30. The lowest BCUT2D eigenvalue weighted by Gasteiger charge is -2.07. The van der Waals surface area contributed by atoms with Gasteiger partial charge in [0.05, 0.1) is 5.69 Å². The van der Waals surface area contributed by atoms with E-state index in [1.54, 1.807) is 0 Å². The molecule has 0 aliphatic carbocycles. The molecule has 1 heterocycles. The Morgan fingerprint density at radius 1 is 1.12 bits per heavy atom. The van der Waals surface area contributed by atoms with Gasteiger partial charge in [-0.25, -0.2) is 9.78 Å². The van der Waals surface area contributed by atoms with Gasteiger partial charge in [-0.2, -0.15) is 0 Å². The molecular weight excluding hydrogens is 324 g/mol. The normalized spacial score (nSPS) is 10.4. The molecule has 122 valence electrons. The number of carboxylic acid groups (broad SMARTS) is 1. The molecule has 0 amide bonds. The van der Waals surface area contributed by atoms with Crippen molar-refractivity contribution in [1.82, 2.24) is 4.98 Å². The lowest BCUT2D eigenvalue weighted by Crippen LogP contribution is -1.97. The monoisotopic (exact) mass is 340 g/mol. The summed E-state index contributed by atoms with van der Waals surface area (Å²) in [4.78, 5) is 15.8. The molecule has 0 bridgehead atoms. The number of benzene rings is 2. The number of anilines is 2. The second-order valence-corrected chi connectivity index (χ2v) is 6.02. The highest BCUT2D eigenvalue weighted by Gasteiger charge is 2.15. The van der Waals surface area contributed by atoms with E-state index in [1.807, 2.05) is 61.5 Å². The van der Waals surface area contributed by atoms with Crippen molar-refractivity contribution in [3.05, 3.63) is 65.2 Å². The van der Waals surface area contributed by atoms with Crippen LogP contribution < -0.4 is 10.1 Å². The van der Waals surface area contributed by atoms with Crippen molar-refractivity contribution < 1.29 is 14.6 Å². The van der Waals surface area contributed by atoms with E-state index in [4.69, 9.17) is 4.74 Å². The van der Waals surface area contributed by atoms with Crippen LogP contribution in [0, 0.1) is 0 Å². The molecule has 0 spiro atoms. The van der Waals surface area contributed by atoms with Crippen LogP contribution in [-0.4, -0.2) is 16.1 Å². The highest BCUT2D eigenvalue weighted by atomic mass is 32.1. The fourth-order valence-electron chi connectivity index (χ4n) is 2.17. The summed E-state index contributed by atoms with van der Waals surface area (Å²) in [7, 11) is 0. The van der Waals surface area contributed by atoms with E-state index in [1.165, 1.54) is 0 Å². The Kier molecular flexibility index (Phi) is 4.77. The number of thiazole rings is 1. The lowest BCUT2D eigenvalue weighted by atomic mass is 10.3. The average Bonchev–Trinajstić information content (AvgIpc) is 3.01. The number of para-hydroxylation sites is 1. The maximum Gasteiger partial charge on any atom is 0.347 e. The SMILES string of the molecule is CCc1nc(Nc2ccc(Oc3ccccc3)cc2)sc1C(=O)O. The number of aromatic nitrogens is 1. The minimum atomic E-state index is -0.941. The summed E-state index contributed by atoms with van der Waals surface area (Å²) in [5, 5.41) is 12.9. The third-order valence-corrected chi connectivity index (χ3v) is 4.31. The molecular formula is C18H16N2O3S. The van der Waals surface area contributed by atoms with Crippen LogP contribution in [-0.2, 0) is 6.42 Å². The molecule has 2 aromatic carbocycles. The molecule has 2 N–H and O–H groups in total. The van der Waals surface area contributed by atoms with Gasteiger partial charge in [0.15, 0.2) is 5.13 Å². The molecule has 0 aliphatic rings. The van der Waals surface area contributed by atoms with Crippen LogP contribution in [0.1, 0.15) is 22.3 Å². The van der Waals surface area contributed by atoms with Gasteiger partial charge in [-0.15, -0.1) is 0 Å². The zero-order valence-corrected chi connectivity index (χ0v) is 13.8. The van der Waals surface area contributed by atoms with E-state index in [-0.39, 0.29) is 4.88 Å². The van der Waals surface area contributed by atoms with Crippen molar-refractivity contribution >= 4 is 28.1 Å². The number of carbonyl (C=O) groups is 1. The number of ether oxygens (including phenoxy) is 1. The Hall–Kier alpha value is -2.86. The number of carboxylic acids is 1. The van der Waals surface area contributed by atoms with Crippen molar-refractivity contribution in [2.75, 3.05) is 5.32 Å². The Morgan fingerprint density at radius 2 is 1.79 bits per heavy atom. The van der Waals surface area contributed by atoms with Gasteiger partial charge >= 0.3 is 5.97 Å². The van der Waals surface area contributed by atoms with E-state index >= 15 is 0 Å². The van der Waals surface area contributed by atoms with Gasteiger partial charge in [-0.05, 0) is 42.8 Å². The molecule has 3 rings (SSSR count). The Balaban J connectivity index is 1.71. The molecule has 0 aliphatic heterocycles. The van der Waals surface area contributed by atoms with Crippen molar-refractivity contribution in [2.24, 2.45) is 0 Å². The molecule has 0 saturated heterocycles. The van der Waals surface area contributed by atoms with Crippen LogP contribution in [0.25, 0.3) is 0 Å². The minimum absolute atomic E-state index is 0.282. The van der Waals surface area contributed by atoms with Crippen molar-refractivity contribution in [2.45, 2.75) is 13.3 Å². The molecule has 0 saturated carbocycles. The number of nitrogens with one attached hydrogen (secondary N) is 1. The van der Waals surface area contributed by atoms with Crippen LogP contribution in [0.2, 0.25) is 0 Å². The topological polar surface area (TPSA) is 71.5 Å².